The normalized spacial score (nSPS) is 10.8. The van der Waals surface area contributed by atoms with Crippen molar-refractivity contribution in [3.05, 3.63) is 11.8 Å². The molecule has 0 unspecified atom stereocenters. The summed E-state index contributed by atoms with van der Waals surface area (Å²) in [6.07, 6.45) is 8.68. The first-order valence-corrected chi connectivity index (χ1v) is 7.82. The van der Waals surface area contributed by atoms with Crippen LogP contribution in [-0.4, -0.2) is 34.5 Å². The van der Waals surface area contributed by atoms with Gasteiger partial charge in [0.25, 0.3) is 0 Å². The molecule has 0 atom stereocenters. The predicted molar refractivity (Wildman–Crippen MR) is 82.8 cm³/mol. The molecule has 0 radical (unpaired) electrons. The van der Waals surface area contributed by atoms with E-state index in [2.05, 4.69) is 31.0 Å². The minimum Gasteiger partial charge on any atom is -0.408 e. The van der Waals surface area contributed by atoms with E-state index in [0.717, 1.165) is 25.7 Å². The molecule has 0 aliphatic heterocycles. The molecule has 122 valence electrons. The first-order valence-electron chi connectivity index (χ1n) is 7.82. The Balaban J connectivity index is 1.45. The number of nitrogens with zero attached hydrogens (tertiary/aromatic N) is 4. The monoisotopic (exact) mass is 308 g/mol. The van der Waals surface area contributed by atoms with Crippen LogP contribution in [0.25, 0.3) is 0 Å². The summed E-state index contributed by atoms with van der Waals surface area (Å²) in [5.74, 6) is 1.42. The highest BCUT2D eigenvalue weighted by Crippen LogP contribution is 2.13. The number of anilines is 2. The van der Waals surface area contributed by atoms with Gasteiger partial charge in [0.05, 0.1) is 0 Å². The second-order valence-electron chi connectivity index (χ2n) is 5.12. The summed E-state index contributed by atoms with van der Waals surface area (Å²) in [6.45, 7) is 0. The fourth-order valence-electron chi connectivity index (χ4n) is 2.17. The van der Waals surface area contributed by atoms with Crippen molar-refractivity contribution in [2.75, 3.05) is 24.7 Å². The number of aryl methyl sites for hydroxylation is 2. The van der Waals surface area contributed by atoms with Gasteiger partial charge in [0, 0.05) is 26.9 Å². The van der Waals surface area contributed by atoms with Gasteiger partial charge in [0.15, 0.2) is 0 Å². The molecule has 0 aliphatic carbocycles. The van der Waals surface area contributed by atoms with Crippen molar-refractivity contribution in [1.82, 2.24) is 20.4 Å². The van der Waals surface area contributed by atoms with E-state index in [4.69, 9.17) is 8.83 Å². The molecule has 0 fully saturated rings. The van der Waals surface area contributed by atoms with E-state index in [0.29, 0.717) is 23.8 Å². The number of aromatic nitrogens is 4. The molecule has 2 aromatic heterocycles. The molecule has 2 N–H and O–H groups in total. The van der Waals surface area contributed by atoms with Crippen molar-refractivity contribution in [3.8, 4) is 0 Å². The first-order chi connectivity index (χ1) is 10.8. The molecule has 22 heavy (non-hydrogen) atoms. The number of hydrogen-bond donors (Lipinski definition) is 2. The maximum Gasteiger partial charge on any atom is 0.315 e. The van der Waals surface area contributed by atoms with E-state index in [-0.39, 0.29) is 0 Å². The van der Waals surface area contributed by atoms with Gasteiger partial charge in [-0.05, 0) is 12.8 Å². The Morgan fingerprint density at radius 2 is 1.05 bits per heavy atom. The van der Waals surface area contributed by atoms with Gasteiger partial charge in [0.2, 0.25) is 11.8 Å². The van der Waals surface area contributed by atoms with Crippen molar-refractivity contribution in [3.63, 3.8) is 0 Å². The van der Waals surface area contributed by atoms with Crippen LogP contribution in [0, 0.1) is 0 Å². The van der Waals surface area contributed by atoms with E-state index in [1.807, 2.05) is 0 Å². The molecule has 8 nitrogen and oxygen atoms in total. The summed E-state index contributed by atoms with van der Waals surface area (Å²) < 4.78 is 10.8. The lowest BCUT2D eigenvalue weighted by Crippen LogP contribution is -1.88. The quantitative estimate of drug-likeness (QED) is 0.611. The Labute approximate surface area is 130 Å². The van der Waals surface area contributed by atoms with Crippen LogP contribution in [-0.2, 0) is 12.8 Å². The molecule has 2 aromatic rings. The highest BCUT2D eigenvalue weighted by molar-refractivity contribution is 5.14. The number of nitrogens with one attached hydrogen (secondary N) is 2. The van der Waals surface area contributed by atoms with E-state index >= 15 is 0 Å². The van der Waals surface area contributed by atoms with Crippen LogP contribution in [0.15, 0.2) is 8.83 Å². The summed E-state index contributed by atoms with van der Waals surface area (Å²) in [5.41, 5.74) is 0. The molecule has 0 amide bonds. The molecule has 8 heteroatoms. The predicted octanol–water partition coefficient (Wildman–Crippen LogP) is 2.66. The van der Waals surface area contributed by atoms with Crippen LogP contribution in [0.4, 0.5) is 12.0 Å². The van der Waals surface area contributed by atoms with Gasteiger partial charge in [-0.1, -0.05) is 35.9 Å². The average Bonchev–Trinajstić information content (AvgIpc) is 3.18. The number of hydrogen-bond acceptors (Lipinski definition) is 8. The zero-order chi connectivity index (χ0) is 15.6. The highest BCUT2D eigenvalue weighted by atomic mass is 16.4. The molecular weight excluding hydrogens is 284 g/mol. The summed E-state index contributed by atoms with van der Waals surface area (Å²) in [4.78, 5) is 0. The van der Waals surface area contributed by atoms with Crippen molar-refractivity contribution in [2.45, 2.75) is 51.4 Å². The number of unbranched alkanes of at least 4 members (excludes halogenated alkanes) is 5. The molecule has 0 aromatic carbocycles. The van der Waals surface area contributed by atoms with Crippen molar-refractivity contribution >= 4 is 12.0 Å². The third-order valence-electron chi connectivity index (χ3n) is 3.39. The Morgan fingerprint density at radius 1 is 0.636 bits per heavy atom. The van der Waals surface area contributed by atoms with Gasteiger partial charge in [-0.2, -0.15) is 0 Å². The zero-order valence-corrected chi connectivity index (χ0v) is 13.3. The first kappa shape index (κ1) is 16.3. The highest BCUT2D eigenvalue weighted by Gasteiger charge is 2.04. The lowest BCUT2D eigenvalue weighted by Gasteiger charge is -1.99. The molecule has 2 rings (SSSR count). The second kappa shape index (κ2) is 9.01. The van der Waals surface area contributed by atoms with Crippen LogP contribution in [0.3, 0.4) is 0 Å². The molecular formula is C14H24N6O2. The minimum atomic E-state index is 0.484. The lowest BCUT2D eigenvalue weighted by atomic mass is 10.1. The Hall–Kier alpha value is -2.12. The molecule has 0 aliphatic rings. The van der Waals surface area contributed by atoms with E-state index in [9.17, 15) is 0 Å². The van der Waals surface area contributed by atoms with Gasteiger partial charge in [-0.15, -0.1) is 10.2 Å². The Bertz CT molecular complexity index is 491. The fraction of sp³-hybridized carbons (Fsp3) is 0.714. The number of rotatable bonds is 11. The third kappa shape index (κ3) is 5.34. The molecule has 0 saturated heterocycles. The van der Waals surface area contributed by atoms with Crippen LogP contribution in [0.1, 0.15) is 50.3 Å². The molecule has 2 heterocycles. The average molecular weight is 308 g/mol. The molecule has 0 bridgehead atoms. The summed E-state index contributed by atoms with van der Waals surface area (Å²) in [5, 5.41) is 21.3. The SMILES string of the molecule is CNc1nnc(CCCCCCCCc2nnc(NC)o2)o1. The van der Waals surface area contributed by atoms with Gasteiger partial charge in [-0.25, -0.2) is 0 Å². The summed E-state index contributed by atoms with van der Waals surface area (Å²) >= 11 is 0. The topological polar surface area (TPSA) is 102 Å². The maximum atomic E-state index is 5.38. The second-order valence-corrected chi connectivity index (χ2v) is 5.12. The van der Waals surface area contributed by atoms with Crippen molar-refractivity contribution in [2.24, 2.45) is 0 Å². The summed E-state index contributed by atoms with van der Waals surface area (Å²) in [7, 11) is 3.54. The van der Waals surface area contributed by atoms with Gasteiger partial charge >= 0.3 is 12.0 Å². The minimum absolute atomic E-state index is 0.484. The van der Waals surface area contributed by atoms with E-state index in [1.54, 1.807) is 14.1 Å². The van der Waals surface area contributed by atoms with Crippen molar-refractivity contribution < 1.29 is 8.83 Å². The maximum absolute atomic E-state index is 5.38. The van der Waals surface area contributed by atoms with Crippen LogP contribution in [0.2, 0.25) is 0 Å². The summed E-state index contributed by atoms with van der Waals surface area (Å²) in [6, 6.07) is 0.968. The lowest BCUT2D eigenvalue weighted by molar-refractivity contribution is 0.478. The van der Waals surface area contributed by atoms with Crippen LogP contribution < -0.4 is 10.6 Å². The zero-order valence-electron chi connectivity index (χ0n) is 13.3. The Kier molecular flexibility index (Phi) is 6.66. The Morgan fingerprint density at radius 3 is 1.41 bits per heavy atom. The van der Waals surface area contributed by atoms with E-state index in [1.165, 1.54) is 25.7 Å². The van der Waals surface area contributed by atoms with Crippen molar-refractivity contribution in [1.29, 1.82) is 0 Å². The van der Waals surface area contributed by atoms with Crippen LogP contribution in [0.5, 0.6) is 0 Å². The van der Waals surface area contributed by atoms with Gasteiger partial charge < -0.3 is 19.5 Å². The molecule has 0 saturated carbocycles. The van der Waals surface area contributed by atoms with E-state index < -0.39 is 0 Å². The largest absolute Gasteiger partial charge is 0.408 e. The van der Waals surface area contributed by atoms with Gasteiger partial charge in [0.1, 0.15) is 0 Å². The molecule has 0 spiro atoms. The third-order valence-corrected chi connectivity index (χ3v) is 3.39. The van der Waals surface area contributed by atoms with Gasteiger partial charge in [-0.3, -0.25) is 0 Å². The smallest absolute Gasteiger partial charge is 0.315 e. The van der Waals surface area contributed by atoms with Crippen LogP contribution >= 0.6 is 0 Å². The standard InChI is InChI=1S/C14H24N6O2/c1-15-13-19-17-11(21-13)9-7-5-3-4-6-8-10-12-18-20-14(16-2)22-12/h3-10H2,1-2H3,(H,15,19)(H,16,20). The fourth-order valence-corrected chi connectivity index (χ4v) is 2.17.